The topological polar surface area (TPSA) is 36.4 Å². The zero-order valence-electron chi connectivity index (χ0n) is 10.6. The highest BCUT2D eigenvalue weighted by molar-refractivity contribution is 7.10. The van der Waals surface area contributed by atoms with Gasteiger partial charge in [-0.3, -0.25) is 4.99 Å². The fourth-order valence-corrected chi connectivity index (χ4v) is 2.26. The van der Waals surface area contributed by atoms with E-state index in [9.17, 15) is 0 Å². The highest BCUT2D eigenvalue weighted by Gasteiger charge is 2.21. The number of hydrogen-bond acceptors (Lipinski definition) is 2. The molecule has 0 aromatic carbocycles. The molecule has 0 fully saturated rings. The van der Waals surface area contributed by atoms with Gasteiger partial charge in [-0.1, -0.05) is 25.8 Å². The summed E-state index contributed by atoms with van der Waals surface area (Å²) in [4.78, 5) is 5.47. The fourth-order valence-electron chi connectivity index (χ4n) is 1.41. The third-order valence-electron chi connectivity index (χ3n) is 2.47. The lowest BCUT2D eigenvalue weighted by atomic mass is 9.91. The van der Waals surface area contributed by atoms with Crippen LogP contribution in [0, 0.1) is 12.3 Å². The molecule has 0 bridgehead atoms. The average Bonchev–Trinajstić information content (AvgIpc) is 2.83. The Morgan fingerprint density at radius 3 is 2.82 bits per heavy atom. The van der Waals surface area contributed by atoms with Crippen LogP contribution in [0.4, 0.5) is 0 Å². The van der Waals surface area contributed by atoms with Crippen LogP contribution in [-0.2, 0) is 5.41 Å². The van der Waals surface area contributed by atoms with Gasteiger partial charge in [0.1, 0.15) is 0 Å². The fraction of sp³-hybridized carbons (Fsp3) is 0.462. The van der Waals surface area contributed by atoms with E-state index < -0.39 is 0 Å². The molecule has 0 saturated heterocycles. The molecule has 0 radical (unpaired) electrons. The summed E-state index contributed by atoms with van der Waals surface area (Å²) >= 11 is 1.77. The second-order valence-electron chi connectivity index (χ2n) is 4.34. The molecule has 0 aliphatic carbocycles. The normalized spacial score (nSPS) is 12.0. The van der Waals surface area contributed by atoms with Gasteiger partial charge in [0.05, 0.1) is 6.54 Å². The largest absolute Gasteiger partial charge is 0.355 e. The Morgan fingerprint density at radius 2 is 2.29 bits per heavy atom. The van der Waals surface area contributed by atoms with Crippen molar-refractivity contribution in [3.8, 4) is 12.3 Å². The van der Waals surface area contributed by atoms with Crippen LogP contribution in [0.2, 0.25) is 0 Å². The van der Waals surface area contributed by atoms with Crippen molar-refractivity contribution in [1.82, 2.24) is 10.6 Å². The number of thiophene rings is 1. The lowest BCUT2D eigenvalue weighted by Crippen LogP contribution is -2.43. The molecule has 1 aromatic heterocycles. The first-order valence-electron chi connectivity index (χ1n) is 5.52. The Kier molecular flexibility index (Phi) is 5.05. The molecule has 2 N–H and O–H groups in total. The van der Waals surface area contributed by atoms with Crippen LogP contribution in [0.15, 0.2) is 22.5 Å². The minimum absolute atomic E-state index is 0.0852. The van der Waals surface area contributed by atoms with Crippen LogP contribution in [0.1, 0.15) is 18.7 Å². The Balaban J connectivity index is 2.52. The minimum atomic E-state index is 0.0852. The van der Waals surface area contributed by atoms with E-state index in [2.05, 4.69) is 52.9 Å². The number of terminal acetylenes is 1. The molecule has 0 saturated carbocycles. The van der Waals surface area contributed by atoms with Crippen LogP contribution in [0.3, 0.4) is 0 Å². The molecule has 1 aromatic rings. The molecule has 1 heterocycles. The number of guanidine groups is 1. The van der Waals surface area contributed by atoms with Gasteiger partial charge in [0, 0.05) is 23.9 Å². The maximum atomic E-state index is 5.20. The van der Waals surface area contributed by atoms with Crippen molar-refractivity contribution >= 4 is 17.3 Å². The summed E-state index contributed by atoms with van der Waals surface area (Å²) in [5, 5.41) is 8.43. The van der Waals surface area contributed by atoms with E-state index in [-0.39, 0.29) is 5.41 Å². The number of hydrogen-bond donors (Lipinski definition) is 2. The van der Waals surface area contributed by atoms with E-state index in [0.29, 0.717) is 6.54 Å². The van der Waals surface area contributed by atoms with E-state index in [1.807, 2.05) is 0 Å². The predicted octanol–water partition coefficient (Wildman–Crippen LogP) is 1.82. The summed E-state index contributed by atoms with van der Waals surface area (Å²) < 4.78 is 0. The van der Waals surface area contributed by atoms with Gasteiger partial charge in [-0.15, -0.1) is 17.8 Å². The summed E-state index contributed by atoms with van der Waals surface area (Å²) in [5.74, 6) is 3.27. The van der Waals surface area contributed by atoms with Crippen molar-refractivity contribution in [1.29, 1.82) is 0 Å². The van der Waals surface area contributed by atoms with E-state index in [1.165, 1.54) is 4.88 Å². The standard InChI is InChI=1S/C13H19N3S/c1-5-8-15-12(14-4)16-10-13(2,3)11-7-6-9-17-11/h1,6-7,9H,8,10H2,2-4H3,(H2,14,15,16). The van der Waals surface area contributed by atoms with Gasteiger partial charge in [0.2, 0.25) is 0 Å². The van der Waals surface area contributed by atoms with Gasteiger partial charge < -0.3 is 10.6 Å². The Morgan fingerprint density at radius 1 is 1.53 bits per heavy atom. The van der Waals surface area contributed by atoms with Gasteiger partial charge in [-0.25, -0.2) is 0 Å². The van der Waals surface area contributed by atoms with Gasteiger partial charge in [-0.05, 0) is 11.4 Å². The van der Waals surface area contributed by atoms with Gasteiger partial charge in [0.15, 0.2) is 5.96 Å². The smallest absolute Gasteiger partial charge is 0.191 e. The molecule has 1 rings (SSSR count). The molecule has 0 unspecified atom stereocenters. The average molecular weight is 249 g/mol. The summed E-state index contributed by atoms with van der Waals surface area (Å²) in [6, 6.07) is 4.23. The van der Waals surface area contributed by atoms with Crippen LogP contribution < -0.4 is 10.6 Å². The quantitative estimate of drug-likeness (QED) is 0.485. The molecule has 4 heteroatoms. The Bertz CT molecular complexity index is 399. The number of nitrogens with zero attached hydrogens (tertiary/aromatic N) is 1. The van der Waals surface area contributed by atoms with Crippen molar-refractivity contribution in [3.05, 3.63) is 22.4 Å². The number of nitrogens with one attached hydrogen (secondary N) is 2. The van der Waals surface area contributed by atoms with Crippen molar-refractivity contribution in [2.45, 2.75) is 19.3 Å². The maximum absolute atomic E-state index is 5.20. The van der Waals surface area contributed by atoms with E-state index in [0.717, 1.165) is 12.5 Å². The van der Waals surface area contributed by atoms with Crippen LogP contribution in [0.25, 0.3) is 0 Å². The molecule has 0 aliphatic heterocycles. The van der Waals surface area contributed by atoms with Crippen LogP contribution in [-0.4, -0.2) is 26.1 Å². The first-order valence-corrected chi connectivity index (χ1v) is 6.40. The molecule has 0 aliphatic rings. The van der Waals surface area contributed by atoms with Gasteiger partial charge in [0.25, 0.3) is 0 Å². The highest BCUT2D eigenvalue weighted by atomic mass is 32.1. The zero-order chi connectivity index (χ0) is 12.7. The summed E-state index contributed by atoms with van der Waals surface area (Å²) in [6.45, 7) is 5.72. The summed E-state index contributed by atoms with van der Waals surface area (Å²) in [7, 11) is 1.74. The Labute approximate surface area is 107 Å². The zero-order valence-corrected chi connectivity index (χ0v) is 11.4. The summed E-state index contributed by atoms with van der Waals surface area (Å²) in [6.07, 6.45) is 5.20. The van der Waals surface area contributed by atoms with Crippen molar-refractivity contribution in [2.24, 2.45) is 4.99 Å². The number of aliphatic imine (C=N–C) groups is 1. The molecule has 0 amide bonds. The second-order valence-corrected chi connectivity index (χ2v) is 5.29. The van der Waals surface area contributed by atoms with Crippen LogP contribution in [0.5, 0.6) is 0 Å². The SMILES string of the molecule is C#CCNC(=NC)NCC(C)(C)c1cccs1. The monoisotopic (exact) mass is 249 g/mol. The molecule has 0 spiro atoms. The highest BCUT2D eigenvalue weighted by Crippen LogP contribution is 2.26. The van der Waals surface area contributed by atoms with Crippen LogP contribution >= 0.6 is 11.3 Å². The van der Waals surface area contributed by atoms with Crippen molar-refractivity contribution in [3.63, 3.8) is 0 Å². The van der Waals surface area contributed by atoms with Gasteiger partial charge >= 0.3 is 0 Å². The summed E-state index contributed by atoms with van der Waals surface area (Å²) in [5.41, 5.74) is 0.0852. The molecule has 0 atom stereocenters. The third kappa shape index (κ3) is 4.12. The predicted molar refractivity (Wildman–Crippen MR) is 75.5 cm³/mol. The number of rotatable bonds is 4. The first kappa shape index (κ1) is 13.6. The lowest BCUT2D eigenvalue weighted by molar-refractivity contribution is 0.519. The lowest BCUT2D eigenvalue weighted by Gasteiger charge is -2.24. The minimum Gasteiger partial charge on any atom is -0.355 e. The van der Waals surface area contributed by atoms with E-state index >= 15 is 0 Å². The van der Waals surface area contributed by atoms with Crippen molar-refractivity contribution < 1.29 is 0 Å². The van der Waals surface area contributed by atoms with E-state index in [4.69, 9.17) is 6.42 Å². The maximum Gasteiger partial charge on any atom is 0.191 e. The molecule has 3 nitrogen and oxygen atoms in total. The third-order valence-corrected chi connectivity index (χ3v) is 3.70. The Hall–Kier alpha value is -1.47. The first-order chi connectivity index (χ1) is 8.10. The van der Waals surface area contributed by atoms with E-state index in [1.54, 1.807) is 18.4 Å². The molecular formula is C13H19N3S. The molecular weight excluding hydrogens is 230 g/mol. The second kappa shape index (κ2) is 6.31. The molecule has 92 valence electrons. The van der Waals surface area contributed by atoms with Crippen molar-refractivity contribution in [2.75, 3.05) is 20.1 Å². The van der Waals surface area contributed by atoms with Gasteiger partial charge in [-0.2, -0.15) is 0 Å². The molecule has 17 heavy (non-hydrogen) atoms.